The van der Waals surface area contributed by atoms with Gasteiger partial charge in [-0.2, -0.15) is 0 Å². The number of aliphatic hydroxyl groups is 2. The molecule has 76 valence electrons. The standard InChI is InChI=1S/C10H18O3/c1-9-4-3-7(5-8(9)12)10(2,6-11)13-9/h7-8,11-12H,3-6H2,1-2H3/t7-,8+,9+,10+/m0/s1. The van der Waals surface area contributed by atoms with Crippen LogP contribution in [0.1, 0.15) is 33.1 Å². The van der Waals surface area contributed by atoms with Crippen LogP contribution in [0, 0.1) is 5.92 Å². The van der Waals surface area contributed by atoms with E-state index in [2.05, 4.69) is 0 Å². The average molecular weight is 186 g/mol. The summed E-state index contributed by atoms with van der Waals surface area (Å²) in [5, 5.41) is 19.0. The SMILES string of the molecule is C[C@]1(CO)O[C@]2(C)CC[C@H]1C[C@H]2O. The van der Waals surface area contributed by atoms with Gasteiger partial charge in [0, 0.05) is 0 Å². The van der Waals surface area contributed by atoms with E-state index in [0.717, 1.165) is 19.3 Å². The zero-order valence-corrected chi connectivity index (χ0v) is 8.29. The summed E-state index contributed by atoms with van der Waals surface area (Å²) >= 11 is 0. The van der Waals surface area contributed by atoms with E-state index in [1.54, 1.807) is 0 Å². The first-order valence-corrected chi connectivity index (χ1v) is 4.99. The van der Waals surface area contributed by atoms with Crippen molar-refractivity contribution in [2.75, 3.05) is 6.61 Å². The van der Waals surface area contributed by atoms with Crippen LogP contribution in [-0.4, -0.2) is 34.1 Å². The highest BCUT2D eigenvalue weighted by Gasteiger charge is 2.55. The summed E-state index contributed by atoms with van der Waals surface area (Å²) in [6.07, 6.45) is 2.39. The molecule has 2 N–H and O–H groups in total. The van der Waals surface area contributed by atoms with Crippen molar-refractivity contribution in [2.45, 2.75) is 50.4 Å². The summed E-state index contributed by atoms with van der Waals surface area (Å²) in [6.45, 7) is 3.95. The Morgan fingerprint density at radius 1 is 1.46 bits per heavy atom. The van der Waals surface area contributed by atoms with Crippen LogP contribution in [0.25, 0.3) is 0 Å². The van der Waals surface area contributed by atoms with Gasteiger partial charge < -0.3 is 14.9 Å². The molecule has 0 aromatic heterocycles. The van der Waals surface area contributed by atoms with Crippen molar-refractivity contribution < 1.29 is 14.9 Å². The van der Waals surface area contributed by atoms with Crippen molar-refractivity contribution >= 4 is 0 Å². The molecule has 2 aliphatic heterocycles. The molecule has 0 aromatic rings. The maximum Gasteiger partial charge on any atom is 0.0921 e. The monoisotopic (exact) mass is 186 g/mol. The van der Waals surface area contributed by atoms with Crippen molar-refractivity contribution in [1.29, 1.82) is 0 Å². The zero-order valence-electron chi connectivity index (χ0n) is 8.29. The van der Waals surface area contributed by atoms with E-state index >= 15 is 0 Å². The number of hydrogen-bond acceptors (Lipinski definition) is 3. The molecule has 0 amide bonds. The van der Waals surface area contributed by atoms with E-state index in [9.17, 15) is 10.2 Å². The van der Waals surface area contributed by atoms with Gasteiger partial charge in [0.05, 0.1) is 23.9 Å². The van der Waals surface area contributed by atoms with Gasteiger partial charge in [-0.3, -0.25) is 0 Å². The first-order valence-electron chi connectivity index (χ1n) is 4.99. The number of aliphatic hydroxyl groups excluding tert-OH is 2. The Bertz CT molecular complexity index is 216. The third-order valence-corrected chi connectivity index (χ3v) is 3.85. The molecular weight excluding hydrogens is 168 g/mol. The van der Waals surface area contributed by atoms with Crippen LogP contribution in [0.15, 0.2) is 0 Å². The smallest absolute Gasteiger partial charge is 0.0921 e. The third kappa shape index (κ3) is 1.22. The molecular formula is C10H18O3. The molecule has 4 atom stereocenters. The molecule has 1 saturated carbocycles. The molecule has 3 heteroatoms. The Labute approximate surface area is 78.7 Å². The summed E-state index contributed by atoms with van der Waals surface area (Å²) in [5.74, 6) is 0.314. The molecule has 1 aliphatic carbocycles. The fourth-order valence-corrected chi connectivity index (χ4v) is 2.72. The third-order valence-electron chi connectivity index (χ3n) is 3.85. The van der Waals surface area contributed by atoms with Gasteiger partial charge in [-0.1, -0.05) is 0 Å². The molecule has 2 bridgehead atoms. The van der Waals surface area contributed by atoms with Crippen molar-refractivity contribution in [1.82, 2.24) is 0 Å². The van der Waals surface area contributed by atoms with Gasteiger partial charge in [0.15, 0.2) is 0 Å². The normalized spacial score (nSPS) is 55.4. The van der Waals surface area contributed by atoms with Crippen molar-refractivity contribution in [3.05, 3.63) is 0 Å². The Hall–Kier alpha value is -0.120. The minimum Gasteiger partial charge on any atom is -0.393 e. The largest absolute Gasteiger partial charge is 0.393 e. The number of fused-ring (bicyclic) bond motifs is 3. The van der Waals surface area contributed by atoms with Crippen LogP contribution < -0.4 is 0 Å². The lowest BCUT2D eigenvalue weighted by atomic mass is 9.67. The van der Waals surface area contributed by atoms with Gasteiger partial charge in [0.25, 0.3) is 0 Å². The van der Waals surface area contributed by atoms with Crippen LogP contribution in [0.5, 0.6) is 0 Å². The second-order valence-electron chi connectivity index (χ2n) is 4.87. The Morgan fingerprint density at radius 2 is 2.15 bits per heavy atom. The van der Waals surface area contributed by atoms with E-state index < -0.39 is 11.2 Å². The topological polar surface area (TPSA) is 49.7 Å². The number of hydrogen-bond donors (Lipinski definition) is 2. The molecule has 2 heterocycles. The lowest BCUT2D eigenvalue weighted by Crippen LogP contribution is -2.63. The predicted octanol–water partition coefficient (Wildman–Crippen LogP) is 0.687. The van der Waals surface area contributed by atoms with Crippen molar-refractivity contribution in [3.63, 3.8) is 0 Å². The lowest BCUT2D eigenvalue weighted by Gasteiger charge is -2.56. The maximum atomic E-state index is 9.78. The average Bonchev–Trinajstić information content (AvgIpc) is 2.08. The zero-order chi connectivity index (χ0) is 9.69. The minimum atomic E-state index is -0.424. The molecule has 2 saturated heterocycles. The van der Waals surface area contributed by atoms with Gasteiger partial charge >= 0.3 is 0 Å². The summed E-state index contributed by atoms with van der Waals surface area (Å²) < 4.78 is 5.82. The van der Waals surface area contributed by atoms with E-state index in [-0.39, 0.29) is 12.7 Å². The van der Waals surface area contributed by atoms with Gasteiger partial charge in [0.1, 0.15) is 0 Å². The highest BCUT2D eigenvalue weighted by Crippen LogP contribution is 2.49. The Morgan fingerprint density at radius 3 is 2.62 bits per heavy atom. The molecule has 3 aliphatic rings. The van der Waals surface area contributed by atoms with Crippen LogP contribution in [0.4, 0.5) is 0 Å². The summed E-state index contributed by atoms with van der Waals surface area (Å²) in [4.78, 5) is 0. The van der Waals surface area contributed by atoms with Gasteiger partial charge in [0.2, 0.25) is 0 Å². The number of rotatable bonds is 1. The molecule has 3 nitrogen and oxygen atoms in total. The second kappa shape index (κ2) is 2.69. The first-order chi connectivity index (χ1) is 6.00. The van der Waals surface area contributed by atoms with Crippen LogP contribution in [-0.2, 0) is 4.74 Å². The summed E-state index contributed by atoms with van der Waals surface area (Å²) in [5.41, 5.74) is -0.849. The molecule has 0 spiro atoms. The van der Waals surface area contributed by atoms with Crippen LogP contribution in [0.3, 0.4) is 0 Å². The fourth-order valence-electron chi connectivity index (χ4n) is 2.72. The van der Waals surface area contributed by atoms with E-state index in [4.69, 9.17) is 4.74 Å². The second-order valence-corrected chi connectivity index (χ2v) is 4.87. The molecule has 0 unspecified atom stereocenters. The molecule has 0 aromatic carbocycles. The highest BCUT2D eigenvalue weighted by atomic mass is 16.5. The Kier molecular flexibility index (Phi) is 1.95. The molecule has 3 fully saturated rings. The van der Waals surface area contributed by atoms with Crippen molar-refractivity contribution in [2.24, 2.45) is 5.92 Å². The van der Waals surface area contributed by atoms with Gasteiger partial charge in [-0.15, -0.1) is 0 Å². The predicted molar refractivity (Wildman–Crippen MR) is 48.3 cm³/mol. The fraction of sp³-hybridized carbons (Fsp3) is 1.00. The van der Waals surface area contributed by atoms with Gasteiger partial charge in [-0.05, 0) is 39.0 Å². The molecule has 13 heavy (non-hydrogen) atoms. The highest BCUT2D eigenvalue weighted by molar-refractivity contribution is 5.04. The molecule has 3 rings (SSSR count). The van der Waals surface area contributed by atoms with E-state index in [1.807, 2.05) is 13.8 Å². The van der Waals surface area contributed by atoms with E-state index in [0.29, 0.717) is 5.92 Å². The minimum absolute atomic E-state index is 0.0555. The number of ether oxygens (including phenoxy) is 1. The lowest BCUT2D eigenvalue weighted by molar-refractivity contribution is -0.288. The molecule has 0 radical (unpaired) electrons. The van der Waals surface area contributed by atoms with Crippen LogP contribution in [0.2, 0.25) is 0 Å². The quantitative estimate of drug-likeness (QED) is 0.633. The van der Waals surface area contributed by atoms with Crippen LogP contribution >= 0.6 is 0 Å². The van der Waals surface area contributed by atoms with Crippen molar-refractivity contribution in [3.8, 4) is 0 Å². The maximum absolute atomic E-state index is 9.78. The Balaban J connectivity index is 2.25. The van der Waals surface area contributed by atoms with E-state index in [1.165, 1.54) is 0 Å². The summed E-state index contributed by atoms with van der Waals surface area (Å²) in [6, 6.07) is 0. The van der Waals surface area contributed by atoms with Gasteiger partial charge in [-0.25, -0.2) is 0 Å². The first kappa shape index (κ1) is 9.44. The summed E-state index contributed by atoms with van der Waals surface area (Å²) in [7, 11) is 0.